The largest absolute Gasteiger partial charge is 0.151 e. The Bertz CT molecular complexity index is 485. The Morgan fingerprint density at radius 1 is 0.812 bits per heavy atom. The van der Waals surface area contributed by atoms with Crippen molar-refractivity contribution in [2.45, 2.75) is 4.90 Å². The number of benzene rings is 2. The lowest BCUT2D eigenvalue weighted by Gasteiger charge is -1.98. The molecule has 4 heteroatoms. The summed E-state index contributed by atoms with van der Waals surface area (Å²) in [7, 11) is 1.49. The predicted molar refractivity (Wildman–Crippen MR) is 71.8 cm³/mol. The Morgan fingerprint density at radius 2 is 1.50 bits per heavy atom. The maximum atomic E-state index is 4.22. The second-order valence-corrected chi connectivity index (χ2v) is 4.65. The highest BCUT2D eigenvalue weighted by Gasteiger charge is 1.98. The fourth-order valence-corrected chi connectivity index (χ4v) is 2.35. The van der Waals surface area contributed by atoms with Crippen LogP contribution in [0.2, 0.25) is 0 Å². The highest BCUT2D eigenvalue weighted by atomic mass is 79.9. The van der Waals surface area contributed by atoms with E-state index in [2.05, 4.69) is 25.0 Å². The maximum Gasteiger partial charge on any atom is 0.100 e. The van der Waals surface area contributed by atoms with Gasteiger partial charge >= 0.3 is 0 Å². The van der Waals surface area contributed by atoms with E-state index in [4.69, 9.17) is 0 Å². The normalized spacial score (nSPS) is 10.8. The van der Waals surface area contributed by atoms with Crippen molar-refractivity contribution < 1.29 is 0 Å². The topological polar surface area (TPSA) is 24.7 Å². The Kier molecular flexibility index (Phi) is 4.13. The van der Waals surface area contributed by atoms with Gasteiger partial charge in [-0.05, 0) is 49.3 Å². The molecule has 0 atom stereocenters. The van der Waals surface area contributed by atoms with Crippen LogP contribution in [-0.4, -0.2) is 0 Å². The van der Waals surface area contributed by atoms with Crippen LogP contribution in [0.25, 0.3) is 0 Å². The van der Waals surface area contributed by atoms with Gasteiger partial charge in [-0.25, -0.2) is 0 Å². The minimum absolute atomic E-state index is 0.858. The van der Waals surface area contributed by atoms with Gasteiger partial charge in [0.25, 0.3) is 0 Å². The van der Waals surface area contributed by atoms with Crippen LogP contribution >= 0.6 is 25.0 Å². The van der Waals surface area contributed by atoms with Crippen LogP contribution in [0.3, 0.4) is 0 Å². The maximum absolute atomic E-state index is 4.22. The molecule has 2 aromatic rings. The van der Waals surface area contributed by atoms with Crippen LogP contribution < -0.4 is 0 Å². The zero-order valence-electron chi connectivity index (χ0n) is 8.38. The first kappa shape index (κ1) is 11.4. The molecule has 0 aromatic heterocycles. The number of rotatable bonds is 3. The molecular formula is C12H9BrN2S. The van der Waals surface area contributed by atoms with Crippen molar-refractivity contribution in [2.75, 3.05) is 0 Å². The number of hydrogen-bond acceptors (Lipinski definition) is 3. The molecule has 0 saturated carbocycles. The standard InChI is InChI=1S/C12H9BrN2S/c13-16-12-9-5-4-8-11(12)15-14-10-6-2-1-3-7-10/h1-9H. The van der Waals surface area contributed by atoms with E-state index in [-0.39, 0.29) is 0 Å². The molecule has 0 aliphatic carbocycles. The zero-order valence-corrected chi connectivity index (χ0v) is 10.8. The summed E-state index contributed by atoms with van der Waals surface area (Å²) in [5.41, 5.74) is 1.73. The van der Waals surface area contributed by atoms with Crippen molar-refractivity contribution in [2.24, 2.45) is 10.2 Å². The molecular weight excluding hydrogens is 284 g/mol. The van der Waals surface area contributed by atoms with E-state index in [9.17, 15) is 0 Å². The van der Waals surface area contributed by atoms with Gasteiger partial charge in [0.2, 0.25) is 0 Å². The lowest BCUT2D eigenvalue weighted by molar-refractivity contribution is 1.20. The highest BCUT2D eigenvalue weighted by molar-refractivity contribution is 9.50. The van der Waals surface area contributed by atoms with Gasteiger partial charge in [-0.2, -0.15) is 5.11 Å². The van der Waals surface area contributed by atoms with Crippen molar-refractivity contribution in [3.05, 3.63) is 54.6 Å². The van der Waals surface area contributed by atoms with E-state index in [1.54, 1.807) is 0 Å². The zero-order chi connectivity index (χ0) is 11.2. The number of halogens is 1. The molecule has 16 heavy (non-hydrogen) atoms. The van der Waals surface area contributed by atoms with E-state index >= 15 is 0 Å². The number of hydrogen-bond donors (Lipinski definition) is 0. The summed E-state index contributed by atoms with van der Waals surface area (Å²) in [6, 6.07) is 17.6. The van der Waals surface area contributed by atoms with Gasteiger partial charge < -0.3 is 0 Å². The van der Waals surface area contributed by atoms with Gasteiger partial charge in [0, 0.05) is 4.90 Å². The van der Waals surface area contributed by atoms with Gasteiger partial charge in [-0.15, -0.1) is 5.11 Å². The summed E-state index contributed by atoms with van der Waals surface area (Å²) in [6.07, 6.45) is 0. The summed E-state index contributed by atoms with van der Waals surface area (Å²) in [5, 5.41) is 8.40. The van der Waals surface area contributed by atoms with E-state index < -0.39 is 0 Å². The second kappa shape index (κ2) is 5.82. The molecule has 0 aliphatic heterocycles. The Labute approximate surface area is 106 Å². The quantitative estimate of drug-likeness (QED) is 0.685. The van der Waals surface area contributed by atoms with Crippen molar-refractivity contribution in [1.82, 2.24) is 0 Å². The van der Waals surface area contributed by atoms with Crippen LogP contribution in [0.5, 0.6) is 0 Å². The van der Waals surface area contributed by atoms with Crippen molar-refractivity contribution in [3.8, 4) is 0 Å². The second-order valence-electron chi connectivity index (χ2n) is 3.08. The molecule has 0 aliphatic rings. The SMILES string of the molecule is BrSc1ccccc1N=Nc1ccccc1. The number of nitrogens with zero attached hydrogens (tertiary/aromatic N) is 2. The molecule has 0 heterocycles. The highest BCUT2D eigenvalue weighted by Crippen LogP contribution is 2.33. The van der Waals surface area contributed by atoms with Crippen molar-refractivity contribution in [3.63, 3.8) is 0 Å². The molecule has 0 radical (unpaired) electrons. The third kappa shape index (κ3) is 2.93. The minimum Gasteiger partial charge on any atom is -0.151 e. The Hall–Kier alpha value is -1.13. The molecule has 0 bridgehead atoms. The third-order valence-electron chi connectivity index (χ3n) is 1.98. The number of azo groups is 1. The molecule has 0 N–H and O–H groups in total. The Morgan fingerprint density at radius 3 is 2.25 bits per heavy atom. The molecule has 0 unspecified atom stereocenters. The summed E-state index contributed by atoms with van der Waals surface area (Å²) < 4.78 is 0. The summed E-state index contributed by atoms with van der Waals surface area (Å²) >= 11 is 3.35. The summed E-state index contributed by atoms with van der Waals surface area (Å²) in [4.78, 5) is 1.06. The first-order chi connectivity index (χ1) is 7.90. The fraction of sp³-hybridized carbons (Fsp3) is 0. The van der Waals surface area contributed by atoms with Gasteiger partial charge in [0.15, 0.2) is 0 Å². The molecule has 2 nitrogen and oxygen atoms in total. The predicted octanol–water partition coefficient (Wildman–Crippen LogP) is 5.50. The van der Waals surface area contributed by atoms with Gasteiger partial charge in [0.05, 0.1) is 5.69 Å². The van der Waals surface area contributed by atoms with Gasteiger partial charge in [-0.3, -0.25) is 0 Å². The van der Waals surface area contributed by atoms with Gasteiger partial charge in [-0.1, -0.05) is 30.3 Å². The van der Waals surface area contributed by atoms with E-state index in [0.29, 0.717) is 0 Å². The third-order valence-corrected chi connectivity index (χ3v) is 3.54. The van der Waals surface area contributed by atoms with Crippen LogP contribution in [-0.2, 0) is 0 Å². The molecule has 0 spiro atoms. The van der Waals surface area contributed by atoms with E-state index in [1.165, 1.54) is 10.2 Å². The minimum atomic E-state index is 0.858. The van der Waals surface area contributed by atoms with Crippen LogP contribution in [0, 0.1) is 0 Å². The first-order valence-electron chi connectivity index (χ1n) is 4.74. The van der Waals surface area contributed by atoms with Crippen LogP contribution in [0.15, 0.2) is 69.7 Å². The average Bonchev–Trinajstić information content (AvgIpc) is 2.38. The molecule has 80 valence electrons. The molecule has 0 saturated heterocycles. The average molecular weight is 293 g/mol. The summed E-state index contributed by atoms with van der Waals surface area (Å²) in [5.74, 6) is 0. The van der Waals surface area contributed by atoms with Crippen molar-refractivity contribution >= 4 is 36.4 Å². The monoisotopic (exact) mass is 292 g/mol. The molecule has 2 rings (SSSR count). The van der Waals surface area contributed by atoms with Crippen molar-refractivity contribution in [1.29, 1.82) is 0 Å². The fourth-order valence-electron chi connectivity index (χ4n) is 1.21. The molecule has 2 aromatic carbocycles. The van der Waals surface area contributed by atoms with Crippen LogP contribution in [0.4, 0.5) is 11.4 Å². The molecule has 0 fully saturated rings. The van der Waals surface area contributed by atoms with Gasteiger partial charge in [0.1, 0.15) is 5.69 Å². The Balaban J connectivity index is 2.24. The van der Waals surface area contributed by atoms with Crippen LogP contribution in [0.1, 0.15) is 0 Å². The lowest BCUT2D eigenvalue weighted by atomic mass is 10.3. The first-order valence-corrected chi connectivity index (χ1v) is 7.40. The van der Waals surface area contributed by atoms with E-state index in [1.807, 2.05) is 54.6 Å². The molecule has 0 amide bonds. The summed E-state index contributed by atoms with van der Waals surface area (Å²) in [6.45, 7) is 0. The van der Waals surface area contributed by atoms with E-state index in [0.717, 1.165) is 16.3 Å². The lowest BCUT2D eigenvalue weighted by Crippen LogP contribution is -1.68. The smallest absolute Gasteiger partial charge is 0.100 e.